The van der Waals surface area contributed by atoms with Gasteiger partial charge in [0.25, 0.3) is 0 Å². The summed E-state index contributed by atoms with van der Waals surface area (Å²) in [5.74, 6) is -0.246. The predicted octanol–water partition coefficient (Wildman–Crippen LogP) is 1.61. The molecule has 0 aliphatic rings. The van der Waals surface area contributed by atoms with Gasteiger partial charge in [-0.2, -0.15) is 4.31 Å². The van der Waals surface area contributed by atoms with Crippen molar-refractivity contribution in [3.05, 3.63) is 54.4 Å². The summed E-state index contributed by atoms with van der Waals surface area (Å²) in [6, 6.07) is 9.39. The lowest BCUT2D eigenvalue weighted by atomic mass is 10.3. The van der Waals surface area contributed by atoms with E-state index in [1.54, 1.807) is 36.7 Å². The number of para-hydroxylation sites is 1. The van der Waals surface area contributed by atoms with E-state index in [4.69, 9.17) is 0 Å². The molecule has 0 spiro atoms. The van der Waals surface area contributed by atoms with Gasteiger partial charge >= 0.3 is 0 Å². The molecule has 5 nitrogen and oxygen atoms in total. The van der Waals surface area contributed by atoms with Crippen molar-refractivity contribution < 1.29 is 13.5 Å². The number of hydrogen-bond acceptors (Lipinski definition) is 4. The lowest BCUT2D eigenvalue weighted by Gasteiger charge is -2.17. The van der Waals surface area contributed by atoms with Crippen molar-refractivity contribution in [2.45, 2.75) is 11.4 Å². The lowest BCUT2D eigenvalue weighted by Crippen LogP contribution is -2.26. The quantitative estimate of drug-likeness (QED) is 0.922. The van der Waals surface area contributed by atoms with Crippen molar-refractivity contribution >= 4 is 10.0 Å². The number of hydrogen-bond donors (Lipinski definition) is 1. The minimum absolute atomic E-state index is 0.0912. The summed E-state index contributed by atoms with van der Waals surface area (Å²) >= 11 is 0. The molecule has 0 fully saturated rings. The predicted molar refractivity (Wildman–Crippen MR) is 71.0 cm³/mol. The van der Waals surface area contributed by atoms with Gasteiger partial charge in [0.15, 0.2) is 0 Å². The van der Waals surface area contributed by atoms with Gasteiger partial charge < -0.3 is 5.11 Å². The van der Waals surface area contributed by atoms with Crippen LogP contribution in [-0.4, -0.2) is 29.9 Å². The molecule has 6 heteroatoms. The number of rotatable bonds is 4. The fraction of sp³-hybridized carbons (Fsp3) is 0.154. The number of phenols is 1. The van der Waals surface area contributed by atoms with Crippen LogP contribution in [0.5, 0.6) is 5.75 Å². The van der Waals surface area contributed by atoms with Crippen LogP contribution in [0.4, 0.5) is 0 Å². The molecule has 0 saturated heterocycles. The Morgan fingerprint density at radius 1 is 1.16 bits per heavy atom. The molecular formula is C13H14N2O3S. The topological polar surface area (TPSA) is 70.5 Å². The third-order valence-corrected chi connectivity index (χ3v) is 4.56. The summed E-state index contributed by atoms with van der Waals surface area (Å²) in [4.78, 5) is 3.79. The Bertz CT molecular complexity index is 657. The summed E-state index contributed by atoms with van der Waals surface area (Å²) in [7, 11) is -2.23. The highest BCUT2D eigenvalue weighted by molar-refractivity contribution is 7.89. The minimum atomic E-state index is -3.70. The Morgan fingerprint density at radius 3 is 2.42 bits per heavy atom. The van der Waals surface area contributed by atoms with Crippen LogP contribution in [0, 0.1) is 0 Å². The molecule has 2 aromatic rings. The smallest absolute Gasteiger partial charge is 0.246 e. The summed E-state index contributed by atoms with van der Waals surface area (Å²) in [5, 5.41) is 9.65. The van der Waals surface area contributed by atoms with E-state index in [1.165, 1.54) is 23.5 Å². The number of aromatic hydroxyl groups is 1. The van der Waals surface area contributed by atoms with Gasteiger partial charge in [0.2, 0.25) is 10.0 Å². The first-order chi connectivity index (χ1) is 9.01. The highest BCUT2D eigenvalue weighted by atomic mass is 32.2. The number of sulfonamides is 1. The summed E-state index contributed by atoms with van der Waals surface area (Å²) in [5.41, 5.74) is 0.830. The molecule has 0 amide bonds. The molecule has 100 valence electrons. The van der Waals surface area contributed by atoms with Crippen molar-refractivity contribution in [2.75, 3.05) is 7.05 Å². The van der Waals surface area contributed by atoms with E-state index in [0.717, 1.165) is 5.56 Å². The Kier molecular flexibility index (Phi) is 3.82. The molecule has 0 unspecified atom stereocenters. The molecule has 1 heterocycles. The molecule has 1 aromatic carbocycles. The number of nitrogens with zero attached hydrogens (tertiary/aromatic N) is 2. The third kappa shape index (κ3) is 2.91. The zero-order valence-electron chi connectivity index (χ0n) is 10.4. The van der Waals surface area contributed by atoms with Crippen molar-refractivity contribution in [2.24, 2.45) is 0 Å². The first kappa shape index (κ1) is 13.5. The average Bonchev–Trinajstić information content (AvgIpc) is 2.40. The monoisotopic (exact) mass is 278 g/mol. The van der Waals surface area contributed by atoms with E-state index in [1.807, 2.05) is 0 Å². The summed E-state index contributed by atoms with van der Waals surface area (Å²) in [6.07, 6.45) is 3.21. The fourth-order valence-corrected chi connectivity index (χ4v) is 2.91. The van der Waals surface area contributed by atoms with Gasteiger partial charge in [-0.15, -0.1) is 0 Å². The molecule has 0 bridgehead atoms. The maximum Gasteiger partial charge on any atom is 0.246 e. The maximum atomic E-state index is 12.3. The van der Waals surface area contributed by atoms with Gasteiger partial charge in [-0.05, 0) is 29.8 Å². The van der Waals surface area contributed by atoms with Gasteiger partial charge in [0.05, 0.1) is 0 Å². The van der Waals surface area contributed by atoms with Crippen LogP contribution in [0.15, 0.2) is 53.7 Å². The number of phenolic OH excluding ortho intramolecular Hbond substituents is 1. The number of aromatic nitrogens is 1. The van der Waals surface area contributed by atoms with Gasteiger partial charge in [-0.25, -0.2) is 8.42 Å². The summed E-state index contributed by atoms with van der Waals surface area (Å²) in [6.45, 7) is 0.221. The number of benzene rings is 1. The van der Waals surface area contributed by atoms with E-state index in [9.17, 15) is 13.5 Å². The lowest BCUT2D eigenvalue weighted by molar-refractivity contribution is 0.439. The van der Waals surface area contributed by atoms with Crippen LogP contribution in [-0.2, 0) is 16.6 Å². The third-order valence-electron chi connectivity index (χ3n) is 2.71. The van der Waals surface area contributed by atoms with E-state index in [2.05, 4.69) is 4.98 Å². The Morgan fingerprint density at radius 2 is 1.79 bits per heavy atom. The molecule has 19 heavy (non-hydrogen) atoms. The largest absolute Gasteiger partial charge is 0.507 e. The standard InChI is InChI=1S/C13H14N2O3S/c1-15(10-11-6-8-14-9-7-11)19(17,18)13-5-3-2-4-12(13)16/h2-9,16H,10H2,1H3. The first-order valence-corrected chi connectivity index (χ1v) is 7.09. The zero-order chi connectivity index (χ0) is 13.9. The Hall–Kier alpha value is -1.92. The van der Waals surface area contributed by atoms with Crippen molar-refractivity contribution in [1.29, 1.82) is 0 Å². The van der Waals surface area contributed by atoms with Gasteiger partial charge in [0, 0.05) is 26.0 Å². The zero-order valence-corrected chi connectivity index (χ0v) is 11.2. The maximum absolute atomic E-state index is 12.3. The van der Waals surface area contributed by atoms with Gasteiger partial charge in [-0.3, -0.25) is 4.98 Å². The molecular weight excluding hydrogens is 264 g/mol. The van der Waals surface area contributed by atoms with Crippen molar-refractivity contribution in [1.82, 2.24) is 9.29 Å². The van der Waals surface area contributed by atoms with Crippen LogP contribution in [0.3, 0.4) is 0 Å². The van der Waals surface area contributed by atoms with Crippen LogP contribution >= 0.6 is 0 Å². The number of pyridine rings is 1. The SMILES string of the molecule is CN(Cc1ccncc1)S(=O)(=O)c1ccccc1O. The van der Waals surface area contributed by atoms with Crippen LogP contribution < -0.4 is 0 Å². The average molecular weight is 278 g/mol. The molecule has 0 radical (unpaired) electrons. The van der Waals surface area contributed by atoms with Crippen molar-refractivity contribution in [3.63, 3.8) is 0 Å². The van der Waals surface area contributed by atoms with Crippen LogP contribution in [0.25, 0.3) is 0 Å². The van der Waals surface area contributed by atoms with E-state index in [-0.39, 0.29) is 17.2 Å². The van der Waals surface area contributed by atoms with E-state index >= 15 is 0 Å². The first-order valence-electron chi connectivity index (χ1n) is 5.65. The normalized spacial score (nSPS) is 11.7. The summed E-state index contributed by atoms with van der Waals surface area (Å²) < 4.78 is 25.8. The minimum Gasteiger partial charge on any atom is -0.507 e. The molecule has 0 aliphatic heterocycles. The van der Waals surface area contributed by atoms with Crippen LogP contribution in [0.2, 0.25) is 0 Å². The van der Waals surface area contributed by atoms with Gasteiger partial charge in [0.1, 0.15) is 10.6 Å². The molecule has 1 N–H and O–H groups in total. The Labute approximate surface area is 112 Å². The second kappa shape index (κ2) is 5.38. The second-order valence-electron chi connectivity index (χ2n) is 4.08. The highest BCUT2D eigenvalue weighted by Crippen LogP contribution is 2.25. The molecule has 2 rings (SSSR count). The molecule has 0 saturated carbocycles. The van der Waals surface area contributed by atoms with Crippen LogP contribution in [0.1, 0.15) is 5.56 Å². The second-order valence-corrected chi connectivity index (χ2v) is 6.10. The molecule has 0 atom stereocenters. The van der Waals surface area contributed by atoms with E-state index in [0.29, 0.717) is 0 Å². The molecule has 1 aromatic heterocycles. The van der Waals surface area contributed by atoms with Crippen molar-refractivity contribution in [3.8, 4) is 5.75 Å². The Balaban J connectivity index is 2.28. The van der Waals surface area contributed by atoms with E-state index < -0.39 is 10.0 Å². The molecule has 0 aliphatic carbocycles. The highest BCUT2D eigenvalue weighted by Gasteiger charge is 2.23. The fourth-order valence-electron chi connectivity index (χ4n) is 1.67. The van der Waals surface area contributed by atoms with Gasteiger partial charge in [-0.1, -0.05) is 12.1 Å².